The average molecular weight is 248 g/mol. The summed E-state index contributed by atoms with van der Waals surface area (Å²) in [5, 5.41) is 2.81. The Morgan fingerprint density at radius 2 is 2.00 bits per heavy atom. The molecular weight excluding hydrogens is 228 g/mol. The Morgan fingerprint density at radius 3 is 2.56 bits per heavy atom. The SMILES string of the molecule is Cc1ccc(C(N)=O)cc1NC(=O)CCC(C)C. The number of carbonyl (C=O) groups is 2. The van der Waals surface area contributed by atoms with E-state index in [1.54, 1.807) is 18.2 Å². The van der Waals surface area contributed by atoms with Crippen LogP contribution in [0.1, 0.15) is 42.6 Å². The third kappa shape index (κ3) is 4.20. The van der Waals surface area contributed by atoms with E-state index in [-0.39, 0.29) is 5.91 Å². The third-order valence-electron chi connectivity index (χ3n) is 2.74. The number of hydrogen-bond acceptors (Lipinski definition) is 2. The fourth-order valence-electron chi connectivity index (χ4n) is 1.54. The summed E-state index contributed by atoms with van der Waals surface area (Å²) in [5.74, 6) is -0.0325. The van der Waals surface area contributed by atoms with Gasteiger partial charge in [-0.15, -0.1) is 0 Å². The van der Waals surface area contributed by atoms with E-state index in [0.29, 0.717) is 23.6 Å². The number of nitrogens with one attached hydrogen (secondary N) is 1. The van der Waals surface area contributed by atoms with E-state index >= 15 is 0 Å². The number of aryl methyl sites for hydroxylation is 1. The normalized spacial score (nSPS) is 10.4. The summed E-state index contributed by atoms with van der Waals surface area (Å²) >= 11 is 0. The van der Waals surface area contributed by atoms with Gasteiger partial charge in [0.25, 0.3) is 0 Å². The first kappa shape index (κ1) is 14.2. The van der Waals surface area contributed by atoms with Crippen LogP contribution in [0.5, 0.6) is 0 Å². The highest BCUT2D eigenvalue weighted by Gasteiger charge is 2.08. The van der Waals surface area contributed by atoms with Gasteiger partial charge in [0.05, 0.1) is 0 Å². The van der Waals surface area contributed by atoms with Crippen LogP contribution in [0.3, 0.4) is 0 Å². The molecule has 0 aliphatic carbocycles. The molecule has 4 heteroatoms. The van der Waals surface area contributed by atoms with E-state index in [0.717, 1.165) is 12.0 Å². The molecule has 0 saturated carbocycles. The van der Waals surface area contributed by atoms with Gasteiger partial charge in [0, 0.05) is 17.7 Å². The largest absolute Gasteiger partial charge is 0.366 e. The van der Waals surface area contributed by atoms with Crippen molar-refractivity contribution in [2.24, 2.45) is 11.7 Å². The van der Waals surface area contributed by atoms with Crippen LogP contribution >= 0.6 is 0 Å². The monoisotopic (exact) mass is 248 g/mol. The minimum Gasteiger partial charge on any atom is -0.366 e. The van der Waals surface area contributed by atoms with Crippen LogP contribution in [0, 0.1) is 12.8 Å². The molecule has 0 spiro atoms. The number of amides is 2. The summed E-state index contributed by atoms with van der Waals surface area (Å²) in [4.78, 5) is 22.8. The first-order valence-corrected chi connectivity index (χ1v) is 6.10. The minimum absolute atomic E-state index is 0.0339. The molecule has 0 unspecified atom stereocenters. The van der Waals surface area contributed by atoms with Gasteiger partial charge in [-0.2, -0.15) is 0 Å². The molecule has 0 fully saturated rings. The van der Waals surface area contributed by atoms with Gasteiger partial charge < -0.3 is 11.1 Å². The molecule has 0 aliphatic rings. The lowest BCUT2D eigenvalue weighted by Crippen LogP contribution is -2.15. The summed E-state index contributed by atoms with van der Waals surface area (Å²) in [5.41, 5.74) is 7.18. The average Bonchev–Trinajstić information content (AvgIpc) is 2.29. The van der Waals surface area contributed by atoms with E-state index in [1.165, 1.54) is 0 Å². The van der Waals surface area contributed by atoms with Crippen molar-refractivity contribution >= 4 is 17.5 Å². The maximum atomic E-state index is 11.7. The number of carbonyl (C=O) groups excluding carboxylic acids is 2. The quantitative estimate of drug-likeness (QED) is 0.840. The lowest BCUT2D eigenvalue weighted by Gasteiger charge is -2.10. The molecular formula is C14H20N2O2. The number of hydrogen-bond donors (Lipinski definition) is 2. The van der Waals surface area contributed by atoms with Crippen LogP contribution in [0.15, 0.2) is 18.2 Å². The fourth-order valence-corrected chi connectivity index (χ4v) is 1.54. The maximum absolute atomic E-state index is 11.7. The van der Waals surface area contributed by atoms with E-state index in [4.69, 9.17) is 5.73 Å². The third-order valence-corrected chi connectivity index (χ3v) is 2.74. The van der Waals surface area contributed by atoms with Crippen molar-refractivity contribution < 1.29 is 9.59 Å². The summed E-state index contributed by atoms with van der Waals surface area (Å²) < 4.78 is 0. The number of anilines is 1. The molecule has 0 heterocycles. The Morgan fingerprint density at radius 1 is 1.33 bits per heavy atom. The highest BCUT2D eigenvalue weighted by atomic mass is 16.2. The number of nitrogens with two attached hydrogens (primary N) is 1. The predicted molar refractivity (Wildman–Crippen MR) is 72.4 cm³/mol. The summed E-state index contributed by atoms with van der Waals surface area (Å²) in [6.07, 6.45) is 1.33. The van der Waals surface area contributed by atoms with Crippen molar-refractivity contribution in [1.29, 1.82) is 0 Å². The molecule has 3 N–H and O–H groups in total. The van der Waals surface area contributed by atoms with Gasteiger partial charge in [-0.25, -0.2) is 0 Å². The van der Waals surface area contributed by atoms with Gasteiger partial charge in [0.1, 0.15) is 0 Å². The van der Waals surface area contributed by atoms with Gasteiger partial charge in [0.15, 0.2) is 0 Å². The molecule has 98 valence electrons. The second kappa shape index (κ2) is 6.19. The van der Waals surface area contributed by atoms with Crippen molar-refractivity contribution in [1.82, 2.24) is 0 Å². The predicted octanol–water partition coefficient (Wildman–Crippen LogP) is 2.47. The smallest absolute Gasteiger partial charge is 0.248 e. The lowest BCUT2D eigenvalue weighted by atomic mass is 10.1. The molecule has 1 aromatic rings. The minimum atomic E-state index is -0.493. The highest BCUT2D eigenvalue weighted by molar-refractivity contribution is 5.96. The van der Waals surface area contributed by atoms with Gasteiger partial charge >= 0.3 is 0 Å². The van der Waals surface area contributed by atoms with Gasteiger partial charge in [-0.05, 0) is 37.0 Å². The Hall–Kier alpha value is -1.84. The molecule has 1 rings (SSSR count). The number of rotatable bonds is 5. The Kier molecular flexibility index (Phi) is 4.89. The summed E-state index contributed by atoms with van der Waals surface area (Å²) in [6.45, 7) is 6.03. The van der Waals surface area contributed by atoms with Crippen molar-refractivity contribution in [3.63, 3.8) is 0 Å². The van der Waals surface area contributed by atoms with E-state index in [2.05, 4.69) is 19.2 Å². The zero-order valence-corrected chi connectivity index (χ0v) is 11.1. The van der Waals surface area contributed by atoms with Gasteiger partial charge in [-0.3, -0.25) is 9.59 Å². The highest BCUT2D eigenvalue weighted by Crippen LogP contribution is 2.17. The zero-order valence-electron chi connectivity index (χ0n) is 11.1. The Balaban J connectivity index is 2.74. The maximum Gasteiger partial charge on any atom is 0.248 e. The van der Waals surface area contributed by atoms with Crippen LogP contribution < -0.4 is 11.1 Å². The molecule has 1 aromatic carbocycles. The number of primary amides is 1. The second-order valence-electron chi connectivity index (χ2n) is 4.87. The zero-order chi connectivity index (χ0) is 13.7. The first-order valence-electron chi connectivity index (χ1n) is 6.10. The molecule has 0 bridgehead atoms. The second-order valence-corrected chi connectivity index (χ2v) is 4.87. The number of benzene rings is 1. The first-order chi connectivity index (χ1) is 8.40. The molecule has 0 aromatic heterocycles. The summed E-state index contributed by atoms with van der Waals surface area (Å²) in [7, 11) is 0. The van der Waals surface area contributed by atoms with Crippen molar-refractivity contribution in [2.45, 2.75) is 33.6 Å². The molecule has 4 nitrogen and oxygen atoms in total. The van der Waals surface area contributed by atoms with Gasteiger partial charge in [-0.1, -0.05) is 19.9 Å². The van der Waals surface area contributed by atoms with Crippen LogP contribution in [0.25, 0.3) is 0 Å². The molecule has 0 radical (unpaired) electrons. The van der Waals surface area contributed by atoms with Crippen LogP contribution in [-0.4, -0.2) is 11.8 Å². The molecule has 0 saturated heterocycles. The van der Waals surface area contributed by atoms with Crippen LogP contribution in [-0.2, 0) is 4.79 Å². The molecule has 18 heavy (non-hydrogen) atoms. The van der Waals surface area contributed by atoms with E-state index in [9.17, 15) is 9.59 Å². The van der Waals surface area contributed by atoms with Crippen LogP contribution in [0.4, 0.5) is 5.69 Å². The fraction of sp³-hybridized carbons (Fsp3) is 0.429. The standard InChI is InChI=1S/C14H20N2O2/c1-9(2)4-7-13(17)16-12-8-11(14(15)18)6-5-10(12)3/h5-6,8-9H,4,7H2,1-3H3,(H2,15,18)(H,16,17). The van der Waals surface area contributed by atoms with Crippen molar-refractivity contribution in [3.8, 4) is 0 Å². The van der Waals surface area contributed by atoms with Gasteiger partial charge in [0.2, 0.25) is 11.8 Å². The van der Waals surface area contributed by atoms with Crippen LogP contribution in [0.2, 0.25) is 0 Å². The lowest BCUT2D eigenvalue weighted by molar-refractivity contribution is -0.116. The summed E-state index contributed by atoms with van der Waals surface area (Å²) in [6, 6.07) is 5.05. The van der Waals surface area contributed by atoms with E-state index in [1.807, 2.05) is 6.92 Å². The molecule has 2 amide bonds. The molecule has 0 aliphatic heterocycles. The topological polar surface area (TPSA) is 72.2 Å². The Labute approximate surface area is 108 Å². The molecule has 0 atom stereocenters. The Bertz CT molecular complexity index is 453. The van der Waals surface area contributed by atoms with E-state index < -0.39 is 5.91 Å². The van der Waals surface area contributed by atoms with Crippen molar-refractivity contribution in [3.05, 3.63) is 29.3 Å². The van der Waals surface area contributed by atoms with Crippen molar-refractivity contribution in [2.75, 3.05) is 5.32 Å².